The summed E-state index contributed by atoms with van der Waals surface area (Å²) in [5.74, 6) is -1.27. The lowest BCUT2D eigenvalue weighted by Gasteiger charge is -2.20. The minimum Gasteiger partial charge on any atom is -0.507 e. The summed E-state index contributed by atoms with van der Waals surface area (Å²) in [6, 6.07) is 23.2. The molecule has 0 radical (unpaired) electrons. The highest BCUT2D eigenvalue weighted by atomic mass is 32.2. The van der Waals surface area contributed by atoms with Gasteiger partial charge in [-0.15, -0.1) is 10.2 Å². The molecule has 8 nitrogen and oxygen atoms in total. The van der Waals surface area contributed by atoms with Gasteiger partial charge in [0, 0.05) is 11.3 Å². The molecule has 3 heterocycles. The fourth-order valence-electron chi connectivity index (χ4n) is 4.66. The summed E-state index contributed by atoms with van der Waals surface area (Å²) in [5.41, 5.74) is 2.87. The Morgan fingerprint density at radius 3 is 2.47 bits per heavy atom. The van der Waals surface area contributed by atoms with E-state index in [4.69, 9.17) is 9.15 Å². The molecule has 1 N–H and O–H groups in total. The number of ketones is 1. The third kappa shape index (κ3) is 5.81. The van der Waals surface area contributed by atoms with Gasteiger partial charge in [-0.1, -0.05) is 65.6 Å². The number of Topliss-reactive ketones (excluding diaryl/α,β-unsaturated/α-hetero) is 1. The Balaban J connectivity index is 1.27. The Labute approximate surface area is 254 Å². The molecule has 0 saturated carbocycles. The van der Waals surface area contributed by atoms with Crippen LogP contribution in [0.3, 0.4) is 0 Å². The molecule has 0 aliphatic carbocycles. The molecular formula is C32H24FN3O5S2. The molecule has 1 amide bonds. The van der Waals surface area contributed by atoms with E-state index in [1.54, 1.807) is 54.6 Å². The van der Waals surface area contributed by atoms with Crippen molar-refractivity contribution in [1.82, 2.24) is 10.2 Å². The van der Waals surface area contributed by atoms with Crippen molar-refractivity contribution in [2.24, 2.45) is 0 Å². The standard InChI is InChI=1S/C32H24FN3O5S2/c1-19-7-2-3-8-21(19)17-41-23-14-12-20(13-15-23)28(37)26-27(25-11-6-16-40-25)36(30(39)29(26)38)31-34-35-32(43-31)42-18-22-9-4-5-10-24(22)33/h2-16,27,37H,17-18H2,1H3/b28-26+. The number of rotatable bonds is 9. The number of aromatic nitrogens is 2. The number of hydrogen-bond donors (Lipinski definition) is 1. The van der Waals surface area contributed by atoms with Crippen LogP contribution in [0, 0.1) is 12.7 Å². The van der Waals surface area contributed by atoms with Crippen LogP contribution in [0.4, 0.5) is 9.52 Å². The van der Waals surface area contributed by atoms with E-state index in [0.29, 0.717) is 33.6 Å². The zero-order chi connectivity index (χ0) is 29.9. The number of thioether (sulfide) groups is 1. The van der Waals surface area contributed by atoms with E-state index < -0.39 is 17.7 Å². The van der Waals surface area contributed by atoms with Gasteiger partial charge in [-0.25, -0.2) is 4.39 Å². The zero-order valence-corrected chi connectivity index (χ0v) is 24.4. The highest BCUT2D eigenvalue weighted by Gasteiger charge is 2.49. The van der Waals surface area contributed by atoms with Crippen molar-refractivity contribution in [3.8, 4) is 5.75 Å². The first-order valence-electron chi connectivity index (χ1n) is 13.2. The van der Waals surface area contributed by atoms with Gasteiger partial charge >= 0.3 is 5.91 Å². The van der Waals surface area contributed by atoms with Crippen LogP contribution < -0.4 is 9.64 Å². The molecule has 1 aliphatic rings. The first-order valence-corrected chi connectivity index (χ1v) is 15.0. The lowest BCUT2D eigenvalue weighted by Crippen LogP contribution is -2.29. The smallest absolute Gasteiger partial charge is 0.302 e. The summed E-state index contributed by atoms with van der Waals surface area (Å²) >= 11 is 2.35. The molecule has 5 aromatic rings. The maximum absolute atomic E-state index is 14.1. The number of aliphatic hydroxyl groups is 1. The third-order valence-electron chi connectivity index (χ3n) is 6.95. The zero-order valence-electron chi connectivity index (χ0n) is 22.8. The molecule has 43 heavy (non-hydrogen) atoms. The van der Waals surface area contributed by atoms with Gasteiger partial charge in [0.1, 0.15) is 35.7 Å². The predicted molar refractivity (Wildman–Crippen MR) is 161 cm³/mol. The Hall–Kier alpha value is -4.74. The van der Waals surface area contributed by atoms with Crippen LogP contribution >= 0.6 is 23.1 Å². The fraction of sp³-hybridized carbons (Fsp3) is 0.125. The van der Waals surface area contributed by atoms with E-state index in [-0.39, 0.29) is 28.0 Å². The lowest BCUT2D eigenvalue weighted by atomic mass is 9.99. The minimum absolute atomic E-state index is 0.135. The maximum Gasteiger partial charge on any atom is 0.302 e. The van der Waals surface area contributed by atoms with Crippen LogP contribution in [-0.2, 0) is 21.9 Å². The molecule has 0 spiro atoms. The topological polar surface area (TPSA) is 106 Å². The van der Waals surface area contributed by atoms with Crippen LogP contribution in [0.5, 0.6) is 5.75 Å². The molecule has 1 saturated heterocycles. The van der Waals surface area contributed by atoms with Crippen molar-refractivity contribution in [3.05, 3.63) is 131 Å². The summed E-state index contributed by atoms with van der Waals surface area (Å²) in [4.78, 5) is 27.9. The molecule has 0 bridgehead atoms. The number of halogens is 1. The number of hydrogen-bond acceptors (Lipinski definition) is 9. The predicted octanol–water partition coefficient (Wildman–Crippen LogP) is 7.08. The van der Waals surface area contributed by atoms with Crippen molar-refractivity contribution >= 4 is 45.7 Å². The number of carbonyl (C=O) groups excluding carboxylic acids is 2. The minimum atomic E-state index is -1.07. The normalized spacial score (nSPS) is 16.1. The second-order valence-electron chi connectivity index (χ2n) is 9.65. The summed E-state index contributed by atoms with van der Waals surface area (Å²) in [5, 5.41) is 19.8. The number of aryl methyl sites for hydroxylation is 1. The van der Waals surface area contributed by atoms with Gasteiger partial charge in [0.15, 0.2) is 4.34 Å². The molecule has 3 aromatic carbocycles. The van der Waals surface area contributed by atoms with Gasteiger partial charge in [-0.3, -0.25) is 14.5 Å². The SMILES string of the molecule is Cc1ccccc1COc1ccc(/C(O)=C2\C(=O)C(=O)N(c3nnc(SCc4ccccc4F)s3)C2c2ccco2)cc1. The van der Waals surface area contributed by atoms with Crippen molar-refractivity contribution in [2.75, 3.05) is 4.90 Å². The van der Waals surface area contributed by atoms with Gasteiger partial charge < -0.3 is 14.3 Å². The van der Waals surface area contributed by atoms with E-state index in [0.717, 1.165) is 22.5 Å². The van der Waals surface area contributed by atoms with Crippen molar-refractivity contribution in [1.29, 1.82) is 0 Å². The molecule has 1 unspecified atom stereocenters. The number of aliphatic hydroxyl groups excluding tert-OH is 1. The number of nitrogens with zero attached hydrogens (tertiary/aromatic N) is 3. The Morgan fingerprint density at radius 1 is 1.00 bits per heavy atom. The number of benzene rings is 3. The van der Waals surface area contributed by atoms with Gasteiger partial charge in [0.2, 0.25) is 5.13 Å². The second-order valence-corrected chi connectivity index (χ2v) is 11.8. The summed E-state index contributed by atoms with van der Waals surface area (Å²) in [6.07, 6.45) is 1.42. The third-order valence-corrected chi connectivity index (χ3v) is 9.06. The quantitative estimate of drug-likeness (QED) is 0.0618. The molecule has 1 atom stereocenters. The van der Waals surface area contributed by atoms with Crippen molar-refractivity contribution in [2.45, 2.75) is 29.7 Å². The molecule has 6 rings (SSSR count). The van der Waals surface area contributed by atoms with E-state index in [1.807, 2.05) is 31.2 Å². The molecule has 1 fully saturated rings. The highest BCUT2D eigenvalue weighted by Crippen LogP contribution is 2.44. The number of ether oxygens (including phenoxy) is 1. The van der Waals surface area contributed by atoms with E-state index >= 15 is 0 Å². The Kier molecular flexibility index (Phi) is 8.08. The first kappa shape index (κ1) is 28.4. The van der Waals surface area contributed by atoms with Crippen molar-refractivity contribution in [3.63, 3.8) is 0 Å². The van der Waals surface area contributed by atoms with Gasteiger partial charge in [0.25, 0.3) is 5.78 Å². The number of amides is 1. The monoisotopic (exact) mass is 613 g/mol. The number of carbonyl (C=O) groups is 2. The molecule has 2 aromatic heterocycles. The highest BCUT2D eigenvalue weighted by molar-refractivity contribution is 8.00. The van der Waals surface area contributed by atoms with Crippen LogP contribution in [0.25, 0.3) is 5.76 Å². The van der Waals surface area contributed by atoms with Crippen LogP contribution in [-0.4, -0.2) is 27.0 Å². The van der Waals surface area contributed by atoms with Crippen LogP contribution in [0.2, 0.25) is 0 Å². The average Bonchev–Trinajstić information content (AvgIpc) is 3.77. The van der Waals surface area contributed by atoms with Crippen molar-refractivity contribution < 1.29 is 28.2 Å². The molecule has 11 heteroatoms. The molecule has 216 valence electrons. The van der Waals surface area contributed by atoms with E-state index in [2.05, 4.69) is 10.2 Å². The van der Waals surface area contributed by atoms with Gasteiger partial charge in [-0.05, 0) is 66.1 Å². The van der Waals surface area contributed by atoms with Crippen LogP contribution in [0.1, 0.15) is 34.1 Å². The average molecular weight is 614 g/mol. The number of furan rings is 1. The van der Waals surface area contributed by atoms with Crippen LogP contribution in [0.15, 0.2) is 106 Å². The number of anilines is 1. The summed E-state index contributed by atoms with van der Waals surface area (Å²) < 4.78 is 26.1. The van der Waals surface area contributed by atoms with E-state index in [9.17, 15) is 19.1 Å². The molecular weight excluding hydrogens is 590 g/mol. The van der Waals surface area contributed by atoms with Gasteiger partial charge in [-0.2, -0.15) is 0 Å². The largest absolute Gasteiger partial charge is 0.507 e. The molecule has 1 aliphatic heterocycles. The summed E-state index contributed by atoms with van der Waals surface area (Å²) in [6.45, 7) is 2.39. The Bertz CT molecular complexity index is 1820. The summed E-state index contributed by atoms with van der Waals surface area (Å²) in [7, 11) is 0. The maximum atomic E-state index is 14.1. The first-order chi connectivity index (χ1) is 20.9. The second kappa shape index (κ2) is 12.2. The van der Waals surface area contributed by atoms with E-state index in [1.165, 1.54) is 29.0 Å². The fourth-order valence-corrected chi connectivity index (χ4v) is 6.51. The Morgan fingerprint density at radius 2 is 1.74 bits per heavy atom. The van der Waals surface area contributed by atoms with Gasteiger partial charge in [0.05, 0.1) is 11.8 Å². The lowest BCUT2D eigenvalue weighted by molar-refractivity contribution is -0.132.